The third-order valence-corrected chi connectivity index (χ3v) is 1.59. The van der Waals surface area contributed by atoms with Crippen LogP contribution in [0.3, 0.4) is 0 Å². The van der Waals surface area contributed by atoms with E-state index in [1.807, 2.05) is 24.0 Å². The maximum absolute atomic E-state index is 4.19. The second-order valence-electron chi connectivity index (χ2n) is 2.99. The number of rotatable bonds is 3. The van der Waals surface area contributed by atoms with Gasteiger partial charge in [0.15, 0.2) is 0 Å². The van der Waals surface area contributed by atoms with Crippen molar-refractivity contribution in [2.24, 2.45) is 7.05 Å². The Kier molecular flexibility index (Phi) is 2.65. The quantitative estimate of drug-likeness (QED) is 0.699. The Morgan fingerprint density at radius 1 is 1.64 bits per heavy atom. The lowest BCUT2D eigenvalue weighted by molar-refractivity contribution is 0.561. The highest BCUT2D eigenvalue weighted by atomic mass is 15.1. The first-order valence-corrected chi connectivity index (χ1v) is 3.89. The predicted octanol–water partition coefficient (Wildman–Crippen LogP) is 0.918. The summed E-state index contributed by atoms with van der Waals surface area (Å²) in [5, 5.41) is 3.31. The molecule has 11 heavy (non-hydrogen) atoms. The van der Waals surface area contributed by atoms with E-state index >= 15 is 0 Å². The Hall–Kier alpha value is -0.830. The Morgan fingerprint density at radius 3 is 2.82 bits per heavy atom. The first-order chi connectivity index (χ1) is 5.20. The summed E-state index contributed by atoms with van der Waals surface area (Å²) in [6, 6.07) is 0.520. The minimum Gasteiger partial charge on any atom is -0.337 e. The van der Waals surface area contributed by atoms with Crippen molar-refractivity contribution in [1.82, 2.24) is 14.9 Å². The molecule has 1 rings (SSSR count). The maximum Gasteiger partial charge on any atom is 0.122 e. The molecule has 0 aliphatic rings. The zero-order valence-electron chi connectivity index (χ0n) is 7.33. The molecule has 0 saturated heterocycles. The van der Waals surface area contributed by atoms with Crippen molar-refractivity contribution < 1.29 is 0 Å². The standard InChI is InChI=1S/C8H15N3/c1-7(2)10-6-8-9-4-5-11(8)3/h4-5,7,10H,6H2,1-3H3. The Labute approximate surface area is 67.4 Å². The van der Waals surface area contributed by atoms with E-state index < -0.39 is 0 Å². The molecule has 0 fully saturated rings. The van der Waals surface area contributed by atoms with Crippen molar-refractivity contribution in [3.63, 3.8) is 0 Å². The fraction of sp³-hybridized carbons (Fsp3) is 0.625. The van der Waals surface area contributed by atoms with Gasteiger partial charge < -0.3 is 9.88 Å². The van der Waals surface area contributed by atoms with Crippen LogP contribution >= 0.6 is 0 Å². The first kappa shape index (κ1) is 8.27. The van der Waals surface area contributed by atoms with E-state index in [0.29, 0.717) is 6.04 Å². The van der Waals surface area contributed by atoms with Gasteiger partial charge in [-0.2, -0.15) is 0 Å². The van der Waals surface area contributed by atoms with E-state index in [1.165, 1.54) is 0 Å². The minimum atomic E-state index is 0.520. The van der Waals surface area contributed by atoms with E-state index in [9.17, 15) is 0 Å². The summed E-state index contributed by atoms with van der Waals surface area (Å²) < 4.78 is 2.02. The molecule has 1 N–H and O–H groups in total. The molecule has 0 aliphatic carbocycles. The first-order valence-electron chi connectivity index (χ1n) is 3.89. The molecule has 0 saturated carbocycles. The van der Waals surface area contributed by atoms with Crippen molar-refractivity contribution in [2.75, 3.05) is 0 Å². The summed E-state index contributed by atoms with van der Waals surface area (Å²) in [6.07, 6.45) is 3.77. The summed E-state index contributed by atoms with van der Waals surface area (Å²) in [5.74, 6) is 1.08. The molecule has 3 nitrogen and oxygen atoms in total. The molecular formula is C8H15N3. The van der Waals surface area contributed by atoms with Gasteiger partial charge in [-0.1, -0.05) is 13.8 Å². The van der Waals surface area contributed by atoms with Crippen LogP contribution in [0.5, 0.6) is 0 Å². The topological polar surface area (TPSA) is 29.9 Å². The lowest BCUT2D eigenvalue weighted by atomic mass is 10.4. The number of hydrogen-bond donors (Lipinski definition) is 1. The summed E-state index contributed by atoms with van der Waals surface area (Å²) in [7, 11) is 2.00. The largest absolute Gasteiger partial charge is 0.337 e. The third kappa shape index (κ3) is 2.35. The maximum atomic E-state index is 4.19. The molecule has 0 aromatic carbocycles. The molecular weight excluding hydrogens is 138 g/mol. The molecule has 0 unspecified atom stereocenters. The second kappa shape index (κ2) is 3.53. The Balaban J connectivity index is 2.44. The molecule has 0 amide bonds. The summed E-state index contributed by atoms with van der Waals surface area (Å²) in [6.45, 7) is 5.10. The highest BCUT2D eigenvalue weighted by Gasteiger charge is 1.98. The van der Waals surface area contributed by atoms with Crippen LogP contribution in [0.1, 0.15) is 19.7 Å². The van der Waals surface area contributed by atoms with Crippen LogP contribution in [0, 0.1) is 0 Å². The smallest absolute Gasteiger partial charge is 0.122 e. The fourth-order valence-corrected chi connectivity index (χ4v) is 0.862. The fourth-order valence-electron chi connectivity index (χ4n) is 0.862. The van der Waals surface area contributed by atoms with Gasteiger partial charge in [0.25, 0.3) is 0 Å². The monoisotopic (exact) mass is 153 g/mol. The minimum absolute atomic E-state index is 0.520. The normalized spacial score (nSPS) is 10.9. The molecule has 1 aromatic rings. The van der Waals surface area contributed by atoms with Gasteiger partial charge in [-0.3, -0.25) is 0 Å². The number of aromatic nitrogens is 2. The van der Waals surface area contributed by atoms with Crippen molar-refractivity contribution in [3.8, 4) is 0 Å². The lowest BCUT2D eigenvalue weighted by Gasteiger charge is -2.06. The van der Waals surface area contributed by atoms with E-state index in [-0.39, 0.29) is 0 Å². The van der Waals surface area contributed by atoms with Gasteiger partial charge in [-0.15, -0.1) is 0 Å². The summed E-state index contributed by atoms with van der Waals surface area (Å²) in [5.41, 5.74) is 0. The van der Waals surface area contributed by atoms with E-state index in [2.05, 4.69) is 24.1 Å². The molecule has 1 aromatic heterocycles. The van der Waals surface area contributed by atoms with Gasteiger partial charge in [0.2, 0.25) is 0 Å². The van der Waals surface area contributed by atoms with Crippen LogP contribution in [0.2, 0.25) is 0 Å². The Morgan fingerprint density at radius 2 is 2.36 bits per heavy atom. The van der Waals surface area contributed by atoms with Gasteiger partial charge >= 0.3 is 0 Å². The van der Waals surface area contributed by atoms with Crippen molar-refractivity contribution in [3.05, 3.63) is 18.2 Å². The molecule has 62 valence electrons. The van der Waals surface area contributed by atoms with Gasteiger partial charge in [0, 0.05) is 25.5 Å². The zero-order chi connectivity index (χ0) is 8.27. The number of hydrogen-bond acceptors (Lipinski definition) is 2. The van der Waals surface area contributed by atoms with Crippen molar-refractivity contribution in [2.45, 2.75) is 26.4 Å². The lowest BCUT2D eigenvalue weighted by Crippen LogP contribution is -2.23. The van der Waals surface area contributed by atoms with E-state index in [1.54, 1.807) is 0 Å². The molecule has 0 radical (unpaired) electrons. The molecule has 0 atom stereocenters. The van der Waals surface area contributed by atoms with Gasteiger partial charge in [-0.25, -0.2) is 4.98 Å². The van der Waals surface area contributed by atoms with Gasteiger partial charge in [0.1, 0.15) is 5.82 Å². The SMILES string of the molecule is CC(C)NCc1nccn1C. The van der Waals surface area contributed by atoms with Crippen LogP contribution in [0.25, 0.3) is 0 Å². The van der Waals surface area contributed by atoms with E-state index in [0.717, 1.165) is 12.4 Å². The second-order valence-corrected chi connectivity index (χ2v) is 2.99. The van der Waals surface area contributed by atoms with Crippen molar-refractivity contribution >= 4 is 0 Å². The number of nitrogens with one attached hydrogen (secondary N) is 1. The number of aryl methyl sites for hydroxylation is 1. The van der Waals surface area contributed by atoms with Crippen LogP contribution in [0.15, 0.2) is 12.4 Å². The average Bonchev–Trinajstić information content (AvgIpc) is 2.31. The molecule has 1 heterocycles. The van der Waals surface area contributed by atoms with Gasteiger partial charge in [-0.05, 0) is 0 Å². The zero-order valence-corrected chi connectivity index (χ0v) is 7.33. The van der Waals surface area contributed by atoms with Crippen molar-refractivity contribution in [1.29, 1.82) is 0 Å². The van der Waals surface area contributed by atoms with Crippen LogP contribution in [-0.2, 0) is 13.6 Å². The highest BCUT2D eigenvalue weighted by molar-refractivity contribution is 4.90. The van der Waals surface area contributed by atoms with Crippen LogP contribution in [-0.4, -0.2) is 15.6 Å². The Bertz CT molecular complexity index is 215. The molecule has 0 bridgehead atoms. The van der Waals surface area contributed by atoms with E-state index in [4.69, 9.17) is 0 Å². The summed E-state index contributed by atoms with van der Waals surface area (Å²) >= 11 is 0. The third-order valence-electron chi connectivity index (χ3n) is 1.59. The summed E-state index contributed by atoms with van der Waals surface area (Å²) in [4.78, 5) is 4.19. The molecule has 0 spiro atoms. The number of imidazole rings is 1. The van der Waals surface area contributed by atoms with Crippen LogP contribution in [0.4, 0.5) is 0 Å². The van der Waals surface area contributed by atoms with Gasteiger partial charge in [0.05, 0.1) is 6.54 Å². The van der Waals surface area contributed by atoms with Crippen LogP contribution < -0.4 is 5.32 Å². The highest BCUT2D eigenvalue weighted by Crippen LogP contribution is 1.93. The number of nitrogens with zero attached hydrogens (tertiary/aromatic N) is 2. The predicted molar refractivity (Wildman–Crippen MR) is 45.2 cm³/mol. The average molecular weight is 153 g/mol. The molecule has 3 heteroatoms. The molecule has 0 aliphatic heterocycles.